The number of nitrogens with one attached hydrogen (secondary N) is 1. The third kappa shape index (κ3) is 2.47. The molecule has 0 spiro atoms. The van der Waals surface area contributed by atoms with Gasteiger partial charge in [0.1, 0.15) is 17.7 Å². The third-order valence-electron chi connectivity index (χ3n) is 3.84. The molecule has 104 valence electrons. The minimum Gasteiger partial charge on any atom is -0.462 e. The van der Waals surface area contributed by atoms with E-state index in [4.69, 9.17) is 16.0 Å². The van der Waals surface area contributed by atoms with Crippen molar-refractivity contribution in [1.29, 1.82) is 0 Å². The van der Waals surface area contributed by atoms with Crippen molar-refractivity contribution >= 4 is 35.0 Å². The van der Waals surface area contributed by atoms with E-state index in [1.54, 1.807) is 6.07 Å². The van der Waals surface area contributed by atoms with Crippen molar-refractivity contribution in [2.45, 2.75) is 19.3 Å². The molecule has 2 atom stereocenters. The van der Waals surface area contributed by atoms with Crippen LogP contribution < -0.4 is 5.32 Å². The van der Waals surface area contributed by atoms with E-state index in [-0.39, 0.29) is 24.1 Å². The summed E-state index contributed by atoms with van der Waals surface area (Å²) in [6.07, 6.45) is 2.41. The molecule has 1 aromatic heterocycles. The standard InChI is InChI=1S/C14H15ClFNO.ClH/c1-8-6-17-5-4-9(8)13-12(16)3-2-10-11(15)7-18-14(10)13;/h2-3,7-9,17H,4-6H2,1H3;1H/t8-,9+;/m1./s1. The van der Waals surface area contributed by atoms with E-state index in [9.17, 15) is 4.39 Å². The largest absolute Gasteiger partial charge is 0.462 e. The van der Waals surface area contributed by atoms with Crippen LogP contribution in [0.5, 0.6) is 0 Å². The minimum atomic E-state index is -0.188. The van der Waals surface area contributed by atoms with Crippen LogP contribution in [-0.4, -0.2) is 13.1 Å². The summed E-state index contributed by atoms with van der Waals surface area (Å²) in [5.41, 5.74) is 1.30. The van der Waals surface area contributed by atoms with Crippen LogP contribution in [0.25, 0.3) is 11.0 Å². The topological polar surface area (TPSA) is 25.2 Å². The average molecular weight is 304 g/mol. The highest BCUT2D eigenvalue weighted by Gasteiger charge is 2.28. The van der Waals surface area contributed by atoms with Gasteiger partial charge in [-0.3, -0.25) is 0 Å². The van der Waals surface area contributed by atoms with Crippen molar-refractivity contribution in [3.8, 4) is 0 Å². The number of furan rings is 1. The number of piperidine rings is 1. The highest BCUT2D eigenvalue weighted by molar-refractivity contribution is 6.35. The van der Waals surface area contributed by atoms with Crippen molar-refractivity contribution in [3.05, 3.63) is 34.8 Å². The van der Waals surface area contributed by atoms with E-state index in [0.29, 0.717) is 22.1 Å². The number of benzene rings is 1. The van der Waals surface area contributed by atoms with Crippen molar-refractivity contribution in [3.63, 3.8) is 0 Å². The summed E-state index contributed by atoms with van der Waals surface area (Å²) in [6.45, 7) is 3.97. The van der Waals surface area contributed by atoms with Crippen LogP contribution in [0.1, 0.15) is 24.8 Å². The van der Waals surface area contributed by atoms with Crippen molar-refractivity contribution < 1.29 is 8.81 Å². The Balaban J connectivity index is 0.00000133. The molecule has 0 unspecified atom stereocenters. The Bertz CT molecular complexity index is 584. The molecule has 1 saturated heterocycles. The number of fused-ring (bicyclic) bond motifs is 1. The van der Waals surface area contributed by atoms with Gasteiger partial charge in [0.2, 0.25) is 0 Å². The van der Waals surface area contributed by atoms with Crippen LogP contribution in [0.15, 0.2) is 22.8 Å². The predicted octanol–water partition coefficient (Wildman–Crippen LogP) is 4.36. The van der Waals surface area contributed by atoms with Crippen molar-refractivity contribution in [2.24, 2.45) is 5.92 Å². The predicted molar refractivity (Wildman–Crippen MR) is 77.8 cm³/mol. The Hall–Kier alpha value is -0.770. The van der Waals surface area contributed by atoms with Gasteiger partial charge < -0.3 is 9.73 Å². The molecule has 2 nitrogen and oxygen atoms in total. The maximum Gasteiger partial charge on any atom is 0.141 e. The first-order valence-corrected chi connectivity index (χ1v) is 6.62. The molecule has 1 aromatic carbocycles. The minimum absolute atomic E-state index is 0. The van der Waals surface area contributed by atoms with Gasteiger partial charge in [0.25, 0.3) is 0 Å². The summed E-state index contributed by atoms with van der Waals surface area (Å²) >= 11 is 6.04. The van der Waals surface area contributed by atoms with E-state index in [0.717, 1.165) is 24.9 Å². The third-order valence-corrected chi connectivity index (χ3v) is 4.13. The van der Waals surface area contributed by atoms with Gasteiger partial charge in [0.15, 0.2) is 0 Å². The molecule has 0 bridgehead atoms. The van der Waals surface area contributed by atoms with Gasteiger partial charge >= 0.3 is 0 Å². The molecule has 1 aliphatic heterocycles. The molecule has 1 aliphatic rings. The van der Waals surface area contributed by atoms with E-state index < -0.39 is 0 Å². The lowest BCUT2D eigenvalue weighted by atomic mass is 9.81. The maximum absolute atomic E-state index is 14.2. The van der Waals surface area contributed by atoms with Crippen LogP contribution in [0, 0.1) is 11.7 Å². The van der Waals surface area contributed by atoms with Gasteiger partial charge in [-0.2, -0.15) is 0 Å². The highest BCUT2D eigenvalue weighted by atomic mass is 35.5. The summed E-state index contributed by atoms with van der Waals surface area (Å²) < 4.78 is 19.6. The Labute approximate surface area is 122 Å². The Kier molecular flexibility index (Phi) is 4.39. The van der Waals surface area contributed by atoms with Crippen LogP contribution in [0.3, 0.4) is 0 Å². The van der Waals surface area contributed by atoms with Gasteiger partial charge in [-0.1, -0.05) is 18.5 Å². The summed E-state index contributed by atoms with van der Waals surface area (Å²) in [4.78, 5) is 0. The van der Waals surface area contributed by atoms with E-state index in [1.165, 1.54) is 12.3 Å². The molecule has 1 N–H and O–H groups in total. The van der Waals surface area contributed by atoms with Crippen molar-refractivity contribution in [2.75, 3.05) is 13.1 Å². The zero-order valence-electron chi connectivity index (χ0n) is 10.6. The summed E-state index contributed by atoms with van der Waals surface area (Å²) in [6, 6.07) is 3.18. The Morgan fingerprint density at radius 2 is 2.21 bits per heavy atom. The van der Waals surface area contributed by atoms with Gasteiger partial charge in [-0.05, 0) is 43.5 Å². The fraction of sp³-hybridized carbons (Fsp3) is 0.429. The lowest BCUT2D eigenvalue weighted by molar-refractivity contribution is 0.341. The van der Waals surface area contributed by atoms with Gasteiger partial charge in [0, 0.05) is 10.9 Å². The molecule has 2 aromatic rings. The monoisotopic (exact) mass is 303 g/mol. The zero-order chi connectivity index (χ0) is 12.7. The number of halogens is 3. The summed E-state index contributed by atoms with van der Waals surface area (Å²) in [5.74, 6) is 0.396. The summed E-state index contributed by atoms with van der Waals surface area (Å²) in [7, 11) is 0. The number of hydrogen-bond donors (Lipinski definition) is 1. The van der Waals surface area contributed by atoms with Gasteiger partial charge in [-0.15, -0.1) is 12.4 Å². The SMILES string of the molecule is C[C@@H]1CNCC[C@@H]1c1c(F)ccc2c(Cl)coc12.Cl. The second kappa shape index (κ2) is 5.70. The van der Waals surface area contributed by atoms with Gasteiger partial charge in [0.05, 0.1) is 5.02 Å². The highest BCUT2D eigenvalue weighted by Crippen LogP contribution is 2.39. The first kappa shape index (κ1) is 14.6. The van der Waals surface area contributed by atoms with Gasteiger partial charge in [-0.25, -0.2) is 4.39 Å². The lowest BCUT2D eigenvalue weighted by Crippen LogP contribution is -2.34. The quantitative estimate of drug-likeness (QED) is 0.847. The molecule has 0 radical (unpaired) electrons. The van der Waals surface area contributed by atoms with E-state index in [1.807, 2.05) is 0 Å². The molecule has 0 aliphatic carbocycles. The molecule has 0 saturated carbocycles. The fourth-order valence-electron chi connectivity index (χ4n) is 2.85. The lowest BCUT2D eigenvalue weighted by Gasteiger charge is -2.30. The first-order valence-electron chi connectivity index (χ1n) is 6.24. The van der Waals surface area contributed by atoms with E-state index in [2.05, 4.69) is 12.2 Å². The first-order chi connectivity index (χ1) is 8.68. The smallest absolute Gasteiger partial charge is 0.141 e. The normalized spacial score (nSPS) is 23.3. The Morgan fingerprint density at radius 3 is 2.95 bits per heavy atom. The second-order valence-electron chi connectivity index (χ2n) is 5.00. The average Bonchev–Trinajstić information content (AvgIpc) is 2.73. The molecule has 0 amide bonds. The maximum atomic E-state index is 14.2. The molecule has 19 heavy (non-hydrogen) atoms. The molecule has 3 rings (SSSR count). The van der Waals surface area contributed by atoms with Crippen LogP contribution >= 0.6 is 24.0 Å². The molecule has 5 heteroatoms. The van der Waals surface area contributed by atoms with E-state index >= 15 is 0 Å². The molecular formula is C14H16Cl2FNO. The second-order valence-corrected chi connectivity index (χ2v) is 5.41. The fourth-order valence-corrected chi connectivity index (χ4v) is 3.05. The number of hydrogen-bond acceptors (Lipinski definition) is 2. The van der Waals surface area contributed by atoms with Crippen LogP contribution in [0.4, 0.5) is 4.39 Å². The van der Waals surface area contributed by atoms with Crippen molar-refractivity contribution in [1.82, 2.24) is 5.32 Å². The molecule has 2 heterocycles. The Morgan fingerprint density at radius 1 is 1.42 bits per heavy atom. The summed E-state index contributed by atoms with van der Waals surface area (Å²) in [5, 5.41) is 4.68. The molecular weight excluding hydrogens is 288 g/mol. The molecule has 1 fully saturated rings. The zero-order valence-corrected chi connectivity index (χ0v) is 12.2. The van der Waals surface area contributed by atoms with Crippen LogP contribution in [0.2, 0.25) is 5.02 Å². The number of rotatable bonds is 1. The van der Waals surface area contributed by atoms with Crippen LogP contribution in [-0.2, 0) is 0 Å².